The summed E-state index contributed by atoms with van der Waals surface area (Å²) in [5.74, 6) is 0.728. The number of rotatable bonds is 7. The van der Waals surface area contributed by atoms with Gasteiger partial charge in [0.05, 0.1) is 66.9 Å². The van der Waals surface area contributed by atoms with Crippen LogP contribution in [-0.2, 0) is 10.8 Å². The van der Waals surface area contributed by atoms with Crippen molar-refractivity contribution in [3.8, 4) is 101 Å². The van der Waals surface area contributed by atoms with Crippen LogP contribution in [0.4, 0.5) is 0 Å². The molecule has 17 aromatic carbocycles. The zero-order valence-corrected chi connectivity index (χ0v) is 67.4. The second kappa shape index (κ2) is 27.8. The Hall–Kier alpha value is -15.1. The second-order valence-corrected chi connectivity index (χ2v) is 34.2. The summed E-state index contributed by atoms with van der Waals surface area (Å²) in [5, 5.41) is 10.3. The van der Waals surface area contributed by atoms with Crippen molar-refractivity contribution in [1.29, 1.82) is 0 Å². The van der Waals surface area contributed by atoms with Crippen molar-refractivity contribution in [1.82, 2.24) is 29.9 Å². The van der Waals surface area contributed by atoms with E-state index in [-0.39, 0.29) is 0 Å². The lowest BCUT2D eigenvalue weighted by Gasteiger charge is -2.39. The van der Waals surface area contributed by atoms with Crippen LogP contribution in [0.1, 0.15) is 44.5 Å². The van der Waals surface area contributed by atoms with E-state index in [0.717, 1.165) is 133 Å². The molecule has 22 aromatic rings. The number of para-hydroxylation sites is 3. The Morgan fingerprint density at radius 1 is 0.189 bits per heavy atom. The summed E-state index contributed by atoms with van der Waals surface area (Å²) in [5.41, 5.74) is 33.1. The molecule has 7 heterocycles. The third-order valence-corrected chi connectivity index (χ3v) is 28.0. The monoisotopic (exact) mass is 1580 g/mol. The molecule has 0 saturated carbocycles. The highest BCUT2D eigenvalue weighted by molar-refractivity contribution is 7.99. The van der Waals surface area contributed by atoms with Gasteiger partial charge in [0, 0.05) is 101 Å². The van der Waals surface area contributed by atoms with Crippen LogP contribution in [0.25, 0.3) is 177 Å². The number of hydrogen-bond donors (Lipinski definition) is 0. The summed E-state index contributed by atoms with van der Waals surface area (Å²) in [6, 6.07) is 149. The van der Waals surface area contributed by atoms with Gasteiger partial charge in [-0.25, -0.2) is 29.9 Å². The second-order valence-electron chi connectivity index (χ2n) is 32.0. The zero-order valence-electron chi connectivity index (χ0n) is 65.8. The van der Waals surface area contributed by atoms with Gasteiger partial charge in [-0.05, 0) is 132 Å². The van der Waals surface area contributed by atoms with Crippen molar-refractivity contribution in [2.75, 3.05) is 0 Å². The summed E-state index contributed by atoms with van der Waals surface area (Å²) in [4.78, 5) is 36.5. The lowest BCUT2D eigenvalue weighted by atomic mass is 9.67. The molecule has 0 saturated heterocycles. The Balaban J connectivity index is 0.000000134. The Kier molecular flexibility index (Phi) is 15.9. The summed E-state index contributed by atoms with van der Waals surface area (Å²) in [6.07, 6.45) is 0. The number of aromatic nitrogens is 6. The molecule has 0 N–H and O–H groups in total. The number of fused-ring (bicyclic) bond motifs is 30. The quantitative estimate of drug-likeness (QED) is 0.146. The lowest BCUT2D eigenvalue weighted by Crippen LogP contribution is -2.31. The SMILES string of the molecule is c1ccc(-c2ccc3ccc4ccc(-c5ccc(-c6nc7ccccc7c7c8c(ccc67)C6(c7ccccc7Sc7ccccc76)c6ccccc6-8)cc5)nc4c3n2)cc1.c1ccc(-c2nc(-c3ccc(-c4ccc(-c5nc6ccccc6c6c7c(ccc56)C5(c6ccccc6Sc6ccccc65)c5ccccc5-7)cc4)cc3)c3ccccc3n2)cc1. The first-order valence-corrected chi connectivity index (χ1v) is 43.2. The van der Waals surface area contributed by atoms with Crippen LogP contribution < -0.4 is 0 Å². The van der Waals surface area contributed by atoms with E-state index in [1.807, 2.05) is 53.9 Å². The predicted molar refractivity (Wildman–Crippen MR) is 503 cm³/mol. The average molecular weight is 1590 g/mol. The van der Waals surface area contributed by atoms with E-state index in [2.05, 4.69) is 382 Å². The van der Waals surface area contributed by atoms with E-state index >= 15 is 0 Å². The van der Waals surface area contributed by atoms with E-state index in [1.165, 1.54) is 108 Å². The van der Waals surface area contributed by atoms with Crippen LogP contribution in [0.5, 0.6) is 0 Å². The smallest absolute Gasteiger partial charge is 0.160 e. The molecule has 0 fully saturated rings. The molecule has 26 rings (SSSR count). The molecule has 0 amide bonds. The van der Waals surface area contributed by atoms with Crippen LogP contribution in [-0.4, -0.2) is 29.9 Å². The first-order valence-electron chi connectivity index (χ1n) is 41.5. The van der Waals surface area contributed by atoms with Gasteiger partial charge in [-0.3, -0.25) is 0 Å². The van der Waals surface area contributed by atoms with E-state index < -0.39 is 10.8 Å². The Labute approximate surface area is 712 Å². The van der Waals surface area contributed by atoms with Crippen LogP contribution in [0.15, 0.2) is 432 Å². The summed E-state index contributed by atoms with van der Waals surface area (Å²) in [6.45, 7) is 0. The van der Waals surface area contributed by atoms with Gasteiger partial charge in [0.25, 0.3) is 0 Å². The maximum atomic E-state index is 5.42. The highest BCUT2D eigenvalue weighted by Crippen LogP contribution is 2.66. The predicted octanol–water partition coefficient (Wildman–Crippen LogP) is 29.1. The van der Waals surface area contributed by atoms with Gasteiger partial charge in [-0.2, -0.15) is 0 Å². The van der Waals surface area contributed by atoms with E-state index in [4.69, 9.17) is 29.9 Å². The van der Waals surface area contributed by atoms with Gasteiger partial charge >= 0.3 is 0 Å². The molecule has 2 spiro atoms. The molecule has 4 aliphatic rings. The highest BCUT2D eigenvalue weighted by atomic mass is 32.2. The fourth-order valence-electron chi connectivity index (χ4n) is 20.4. The van der Waals surface area contributed by atoms with Crippen molar-refractivity contribution in [3.05, 3.63) is 457 Å². The van der Waals surface area contributed by atoms with Gasteiger partial charge in [0.2, 0.25) is 0 Å². The first-order chi connectivity index (χ1) is 60.5. The molecule has 0 bridgehead atoms. The molecule has 6 nitrogen and oxygen atoms in total. The molecule has 0 atom stereocenters. The first kappa shape index (κ1) is 70.0. The van der Waals surface area contributed by atoms with Crippen molar-refractivity contribution in [2.24, 2.45) is 0 Å². The van der Waals surface area contributed by atoms with Gasteiger partial charge in [-0.1, -0.05) is 381 Å². The summed E-state index contributed by atoms with van der Waals surface area (Å²) < 4.78 is 0. The van der Waals surface area contributed by atoms with Crippen molar-refractivity contribution in [2.45, 2.75) is 30.4 Å². The maximum Gasteiger partial charge on any atom is 0.160 e. The number of benzene rings is 17. The van der Waals surface area contributed by atoms with Crippen LogP contribution in [0.2, 0.25) is 0 Å². The average Bonchev–Trinajstić information content (AvgIpc) is 1.51. The van der Waals surface area contributed by atoms with Gasteiger partial charge in [-0.15, -0.1) is 0 Å². The maximum absolute atomic E-state index is 5.42. The molecule has 8 heteroatoms. The van der Waals surface area contributed by atoms with Crippen molar-refractivity contribution >= 4 is 99.6 Å². The number of pyridine rings is 4. The van der Waals surface area contributed by atoms with Crippen LogP contribution in [0.3, 0.4) is 0 Å². The van der Waals surface area contributed by atoms with E-state index in [1.54, 1.807) is 0 Å². The molecule has 5 aromatic heterocycles. The van der Waals surface area contributed by atoms with E-state index in [9.17, 15) is 0 Å². The fourth-order valence-corrected chi connectivity index (χ4v) is 22.7. The van der Waals surface area contributed by atoms with Crippen LogP contribution >= 0.6 is 23.5 Å². The molecular formula is C114H68N6S2. The molecular weight excluding hydrogens is 1520 g/mol. The molecule has 566 valence electrons. The minimum Gasteiger partial charge on any atom is -0.247 e. The highest BCUT2D eigenvalue weighted by Gasteiger charge is 2.53. The molecule has 122 heavy (non-hydrogen) atoms. The van der Waals surface area contributed by atoms with Crippen LogP contribution in [0, 0.1) is 0 Å². The minimum absolute atomic E-state index is 0.439. The topological polar surface area (TPSA) is 77.3 Å². The van der Waals surface area contributed by atoms with Crippen molar-refractivity contribution < 1.29 is 0 Å². The zero-order chi connectivity index (χ0) is 80.1. The van der Waals surface area contributed by atoms with Crippen molar-refractivity contribution in [3.63, 3.8) is 0 Å². The summed E-state index contributed by atoms with van der Waals surface area (Å²) >= 11 is 3.76. The lowest BCUT2D eigenvalue weighted by molar-refractivity contribution is 0.723. The Morgan fingerprint density at radius 2 is 0.508 bits per heavy atom. The standard InChI is InChI=1S/C58H35N3S.C56H33N3S/c1-2-14-40(15-3-1)57-60-50-23-11-6-18-43(50)55(61-57)38-30-26-36(27-31-38)37-28-32-39(33-29-37)56-44-34-35-48-54(53(44)42-17-5-10-22-49(42)59-56)41-16-4-7-19-45(41)58(48)46-20-8-12-24-51(46)62-52-25-13-9-21-47(52)58;1-2-12-34(13-3-1)46-32-28-37-26-27-38-29-33-47(58-55(38)54(37)57-46)35-22-24-36(25-23-35)53-41-30-31-45-52(51(41)40-15-5-9-19-48(40)59-53)39-14-4-6-16-42(39)56(45)43-17-7-10-20-49(43)60-50-21-11-8-18-44(50)56/h1-35H;1-33H. The molecule has 0 unspecified atom stereocenters. The minimum atomic E-state index is -0.443. The largest absolute Gasteiger partial charge is 0.247 e. The molecule has 2 aliphatic carbocycles. The summed E-state index contributed by atoms with van der Waals surface area (Å²) in [7, 11) is 0. The van der Waals surface area contributed by atoms with Gasteiger partial charge in [0.15, 0.2) is 5.82 Å². The Bertz CT molecular complexity index is 8040. The number of hydrogen-bond acceptors (Lipinski definition) is 8. The number of nitrogens with zero attached hydrogens (tertiary/aromatic N) is 6. The Morgan fingerprint density at radius 3 is 0.943 bits per heavy atom. The third kappa shape index (κ3) is 10.6. The normalized spacial score (nSPS) is 13.3. The van der Waals surface area contributed by atoms with Gasteiger partial charge in [0.1, 0.15) is 0 Å². The third-order valence-electron chi connectivity index (χ3n) is 25.7. The molecule has 2 aliphatic heterocycles. The fraction of sp³-hybridized carbons (Fsp3) is 0.0175. The van der Waals surface area contributed by atoms with E-state index in [0.29, 0.717) is 0 Å². The van der Waals surface area contributed by atoms with Gasteiger partial charge < -0.3 is 0 Å². The molecule has 0 radical (unpaired) electrons.